The lowest BCUT2D eigenvalue weighted by Gasteiger charge is -2.34. The van der Waals surface area contributed by atoms with Gasteiger partial charge in [0.1, 0.15) is 5.82 Å². The van der Waals surface area contributed by atoms with E-state index in [-0.39, 0.29) is 0 Å². The van der Waals surface area contributed by atoms with Crippen LogP contribution in [-0.4, -0.2) is 55.8 Å². The van der Waals surface area contributed by atoms with E-state index >= 15 is 0 Å². The standard InChI is InChI=1S/C16H19N7O/c1-2-12(1)16-18-15(24-20-16)11-21-7-9-22(10-8-21)14-4-3-13-17-5-6-23(13)19-14/h3-6,12H,1-2,7-11H2. The van der Waals surface area contributed by atoms with E-state index in [9.17, 15) is 0 Å². The molecule has 8 nitrogen and oxygen atoms in total. The molecule has 3 aromatic rings. The molecule has 0 unspecified atom stereocenters. The maximum Gasteiger partial charge on any atom is 0.240 e. The van der Waals surface area contributed by atoms with Gasteiger partial charge in [0.15, 0.2) is 11.5 Å². The molecule has 5 rings (SSSR count). The molecule has 0 atom stereocenters. The Morgan fingerprint density at radius 1 is 1.12 bits per heavy atom. The molecule has 0 radical (unpaired) electrons. The van der Waals surface area contributed by atoms with E-state index in [4.69, 9.17) is 4.52 Å². The highest BCUT2D eigenvalue weighted by molar-refractivity contribution is 5.46. The first-order valence-electron chi connectivity index (χ1n) is 8.45. The van der Waals surface area contributed by atoms with E-state index in [1.165, 1.54) is 12.8 Å². The molecule has 1 saturated heterocycles. The van der Waals surface area contributed by atoms with Crippen LogP contribution in [-0.2, 0) is 6.54 Å². The molecule has 3 aromatic heterocycles. The zero-order valence-electron chi connectivity index (χ0n) is 13.4. The van der Waals surface area contributed by atoms with E-state index < -0.39 is 0 Å². The van der Waals surface area contributed by atoms with E-state index in [2.05, 4.69) is 30.0 Å². The Morgan fingerprint density at radius 3 is 2.83 bits per heavy atom. The van der Waals surface area contributed by atoms with Gasteiger partial charge in [-0.2, -0.15) is 4.98 Å². The summed E-state index contributed by atoms with van der Waals surface area (Å²) in [6, 6.07) is 4.05. The maximum absolute atomic E-state index is 5.38. The quantitative estimate of drug-likeness (QED) is 0.716. The zero-order chi connectivity index (χ0) is 15.9. The normalized spacial score (nSPS) is 19.2. The summed E-state index contributed by atoms with van der Waals surface area (Å²) < 4.78 is 7.20. The Hall–Kier alpha value is -2.48. The number of piperazine rings is 1. The van der Waals surface area contributed by atoms with Crippen LogP contribution in [0.5, 0.6) is 0 Å². The van der Waals surface area contributed by atoms with Gasteiger partial charge in [-0.3, -0.25) is 4.90 Å². The highest BCUT2D eigenvalue weighted by Crippen LogP contribution is 2.38. The summed E-state index contributed by atoms with van der Waals surface area (Å²) >= 11 is 0. The predicted molar refractivity (Wildman–Crippen MR) is 86.8 cm³/mol. The molecule has 4 heterocycles. The van der Waals surface area contributed by atoms with Crippen LogP contribution in [0.25, 0.3) is 5.65 Å². The topological polar surface area (TPSA) is 75.6 Å². The Bertz CT molecular complexity index is 845. The van der Waals surface area contributed by atoms with E-state index in [0.717, 1.165) is 55.9 Å². The lowest BCUT2D eigenvalue weighted by molar-refractivity contribution is 0.215. The van der Waals surface area contributed by atoms with Crippen molar-refractivity contribution >= 4 is 11.5 Å². The van der Waals surface area contributed by atoms with Crippen molar-refractivity contribution < 1.29 is 4.52 Å². The number of rotatable bonds is 4. The van der Waals surface area contributed by atoms with Crippen LogP contribution in [0.2, 0.25) is 0 Å². The molecule has 2 fully saturated rings. The van der Waals surface area contributed by atoms with E-state index in [1.807, 2.05) is 22.8 Å². The van der Waals surface area contributed by atoms with Crippen molar-refractivity contribution in [2.45, 2.75) is 25.3 Å². The molecule has 124 valence electrons. The van der Waals surface area contributed by atoms with Crippen LogP contribution in [0.1, 0.15) is 30.5 Å². The second-order valence-electron chi connectivity index (χ2n) is 6.51. The largest absolute Gasteiger partial charge is 0.353 e. The number of imidazole rings is 1. The van der Waals surface area contributed by atoms with Crippen molar-refractivity contribution in [3.05, 3.63) is 36.2 Å². The lowest BCUT2D eigenvalue weighted by Crippen LogP contribution is -2.46. The molecule has 2 aliphatic rings. The minimum absolute atomic E-state index is 0.545. The Morgan fingerprint density at radius 2 is 2.00 bits per heavy atom. The fourth-order valence-electron chi connectivity index (χ4n) is 3.14. The van der Waals surface area contributed by atoms with Crippen LogP contribution < -0.4 is 4.90 Å². The fourth-order valence-corrected chi connectivity index (χ4v) is 3.14. The molecule has 0 amide bonds. The molecular weight excluding hydrogens is 306 g/mol. The summed E-state index contributed by atoms with van der Waals surface area (Å²) in [4.78, 5) is 13.4. The Balaban J connectivity index is 1.21. The maximum atomic E-state index is 5.38. The van der Waals surface area contributed by atoms with Gasteiger partial charge in [0.05, 0.1) is 6.54 Å². The second kappa shape index (κ2) is 5.55. The summed E-state index contributed by atoms with van der Waals surface area (Å²) in [6.07, 6.45) is 6.05. The fraction of sp³-hybridized carbons (Fsp3) is 0.500. The first-order valence-corrected chi connectivity index (χ1v) is 8.45. The van der Waals surface area contributed by atoms with Crippen LogP contribution in [0, 0.1) is 0 Å². The van der Waals surface area contributed by atoms with Gasteiger partial charge < -0.3 is 9.42 Å². The molecule has 0 bridgehead atoms. The summed E-state index contributed by atoms with van der Waals surface area (Å²) in [7, 11) is 0. The van der Waals surface area contributed by atoms with E-state index in [0.29, 0.717) is 5.92 Å². The number of nitrogens with zero attached hydrogens (tertiary/aromatic N) is 7. The van der Waals surface area contributed by atoms with E-state index in [1.54, 1.807) is 6.20 Å². The summed E-state index contributed by atoms with van der Waals surface area (Å²) in [6.45, 7) is 4.55. The lowest BCUT2D eigenvalue weighted by atomic mass is 10.3. The molecule has 1 saturated carbocycles. The minimum Gasteiger partial charge on any atom is -0.353 e. The smallest absolute Gasteiger partial charge is 0.240 e. The minimum atomic E-state index is 0.545. The second-order valence-corrected chi connectivity index (χ2v) is 6.51. The SMILES string of the molecule is c1cn2nc(N3CCN(Cc4nc(C5CC5)no4)CC3)ccc2n1. The molecule has 24 heavy (non-hydrogen) atoms. The van der Waals surface area contributed by atoms with Crippen molar-refractivity contribution in [3.63, 3.8) is 0 Å². The Labute approximate surface area is 139 Å². The summed E-state index contributed by atoms with van der Waals surface area (Å²) in [5.74, 6) is 3.17. The monoisotopic (exact) mass is 325 g/mol. The summed E-state index contributed by atoms with van der Waals surface area (Å²) in [5, 5.41) is 8.71. The van der Waals surface area contributed by atoms with Gasteiger partial charge in [0.2, 0.25) is 5.89 Å². The van der Waals surface area contributed by atoms with Gasteiger partial charge >= 0.3 is 0 Å². The highest BCUT2D eigenvalue weighted by atomic mass is 16.5. The molecule has 0 N–H and O–H groups in total. The summed E-state index contributed by atoms with van der Waals surface area (Å²) in [5.41, 5.74) is 0.875. The number of hydrogen-bond acceptors (Lipinski definition) is 7. The third kappa shape index (κ3) is 2.62. The first kappa shape index (κ1) is 13.9. The number of anilines is 1. The van der Waals surface area contributed by atoms with Crippen LogP contribution in [0.4, 0.5) is 5.82 Å². The van der Waals surface area contributed by atoms with Gasteiger partial charge in [-0.1, -0.05) is 5.16 Å². The van der Waals surface area contributed by atoms with Gasteiger partial charge in [-0.15, -0.1) is 5.10 Å². The third-order valence-electron chi connectivity index (χ3n) is 4.72. The number of hydrogen-bond donors (Lipinski definition) is 0. The van der Waals surface area contributed by atoms with Crippen LogP contribution in [0.15, 0.2) is 29.0 Å². The molecule has 1 aliphatic carbocycles. The van der Waals surface area contributed by atoms with Crippen molar-refractivity contribution in [1.29, 1.82) is 0 Å². The third-order valence-corrected chi connectivity index (χ3v) is 4.72. The number of fused-ring (bicyclic) bond motifs is 1. The molecule has 0 spiro atoms. The van der Waals surface area contributed by atoms with Gasteiger partial charge in [-0.05, 0) is 25.0 Å². The predicted octanol–water partition coefficient (Wildman–Crippen LogP) is 1.31. The van der Waals surface area contributed by atoms with Gasteiger partial charge in [-0.25, -0.2) is 9.50 Å². The molecule has 1 aliphatic heterocycles. The first-order chi connectivity index (χ1) is 11.8. The van der Waals surface area contributed by atoms with Gasteiger partial charge in [0.25, 0.3) is 0 Å². The number of aromatic nitrogens is 5. The molecular formula is C16H19N7O. The van der Waals surface area contributed by atoms with Crippen LogP contribution in [0.3, 0.4) is 0 Å². The average molecular weight is 325 g/mol. The zero-order valence-corrected chi connectivity index (χ0v) is 13.4. The van der Waals surface area contributed by atoms with Crippen molar-refractivity contribution in [2.24, 2.45) is 0 Å². The highest BCUT2D eigenvalue weighted by Gasteiger charge is 2.29. The molecule has 0 aromatic carbocycles. The van der Waals surface area contributed by atoms with Crippen molar-refractivity contribution in [1.82, 2.24) is 29.6 Å². The average Bonchev–Trinajstić information content (AvgIpc) is 3.17. The van der Waals surface area contributed by atoms with Crippen molar-refractivity contribution in [2.75, 3.05) is 31.1 Å². The Kier molecular flexibility index (Phi) is 3.22. The van der Waals surface area contributed by atoms with Crippen molar-refractivity contribution in [3.8, 4) is 0 Å². The van der Waals surface area contributed by atoms with Gasteiger partial charge in [0, 0.05) is 44.5 Å². The molecule has 8 heteroatoms. The van der Waals surface area contributed by atoms with Crippen LogP contribution >= 0.6 is 0 Å².